The van der Waals surface area contributed by atoms with Gasteiger partial charge in [-0.25, -0.2) is 13.8 Å². The van der Waals surface area contributed by atoms with Gasteiger partial charge in [-0.05, 0) is 0 Å². The minimum absolute atomic E-state index is 0.382. The summed E-state index contributed by atoms with van der Waals surface area (Å²) in [5, 5.41) is 0. The van der Waals surface area contributed by atoms with Crippen molar-refractivity contribution in [1.82, 2.24) is 4.98 Å². The van der Waals surface area contributed by atoms with Gasteiger partial charge in [0, 0.05) is 17.3 Å². The molecule has 0 aliphatic rings. The van der Waals surface area contributed by atoms with Gasteiger partial charge >= 0.3 is 12.1 Å². The zero-order chi connectivity index (χ0) is 15.5. The van der Waals surface area contributed by atoms with Crippen LogP contribution in [0.25, 0.3) is 0 Å². The van der Waals surface area contributed by atoms with Crippen LogP contribution >= 0.6 is 0 Å². The molecule has 0 atom stereocenters. The number of carbonyl (C=O) groups is 1. The van der Waals surface area contributed by atoms with Crippen LogP contribution in [0.2, 0.25) is 0 Å². The smallest absolute Gasteiger partial charge is 0.417 e. The molecule has 112 valence electrons. The lowest BCUT2D eigenvalue weighted by Crippen LogP contribution is -2.18. The highest BCUT2D eigenvalue weighted by Crippen LogP contribution is 2.41. The number of hydrogen-bond donors (Lipinski definition) is 0. The first-order chi connectivity index (χ1) is 9.22. The second-order valence-corrected chi connectivity index (χ2v) is 3.63. The summed E-state index contributed by atoms with van der Waals surface area (Å²) in [6, 6.07) is 0. The molecule has 0 N–H and O–H groups in total. The molecule has 0 unspecified atom stereocenters. The van der Waals surface area contributed by atoms with Gasteiger partial charge in [0.25, 0.3) is 6.43 Å². The lowest BCUT2D eigenvalue weighted by Gasteiger charge is -2.18. The summed E-state index contributed by atoms with van der Waals surface area (Å²) >= 11 is 0. The first kappa shape index (κ1) is 16.1. The summed E-state index contributed by atoms with van der Waals surface area (Å²) in [7, 11) is 1.98. The van der Waals surface area contributed by atoms with Crippen molar-refractivity contribution < 1.29 is 36.2 Å². The first-order valence-electron chi connectivity index (χ1n) is 5.20. The molecule has 0 aliphatic heterocycles. The van der Waals surface area contributed by atoms with Crippen molar-refractivity contribution in [3.8, 4) is 5.88 Å². The first-order valence-corrected chi connectivity index (χ1v) is 5.20. The highest BCUT2D eigenvalue weighted by Gasteiger charge is 2.40. The lowest BCUT2D eigenvalue weighted by atomic mass is 10.0. The van der Waals surface area contributed by atoms with Crippen LogP contribution in [0.1, 0.15) is 23.1 Å². The van der Waals surface area contributed by atoms with E-state index in [0.29, 0.717) is 6.20 Å². The maximum absolute atomic E-state index is 13.0. The number of methoxy groups -OCH3 is 2. The van der Waals surface area contributed by atoms with Crippen LogP contribution in [-0.4, -0.2) is 25.2 Å². The maximum Gasteiger partial charge on any atom is 0.417 e. The molecular weight excluding hydrogens is 289 g/mol. The minimum atomic E-state index is -5.08. The van der Waals surface area contributed by atoms with Gasteiger partial charge in [0.05, 0.1) is 26.2 Å². The second-order valence-electron chi connectivity index (χ2n) is 3.63. The quantitative estimate of drug-likeness (QED) is 0.633. The van der Waals surface area contributed by atoms with Crippen molar-refractivity contribution in [1.29, 1.82) is 0 Å². The number of halogens is 5. The Balaban J connectivity index is 3.56. The standard InChI is InChI=1S/C11H10F5NO3/c1-19-7(18)3-5-8(11(14,15)16)6(9(12)13)4-17-10(5)20-2/h4,9H,3H2,1-2H3. The molecule has 0 bridgehead atoms. The average molecular weight is 299 g/mol. The van der Waals surface area contributed by atoms with Gasteiger partial charge in [-0.1, -0.05) is 0 Å². The molecular formula is C11H10F5NO3. The predicted molar refractivity (Wildman–Crippen MR) is 56.5 cm³/mol. The fourth-order valence-electron chi connectivity index (χ4n) is 1.61. The third-order valence-corrected chi connectivity index (χ3v) is 2.43. The van der Waals surface area contributed by atoms with Gasteiger partial charge in [0.1, 0.15) is 0 Å². The van der Waals surface area contributed by atoms with Crippen LogP contribution in [-0.2, 0) is 22.1 Å². The molecule has 4 nitrogen and oxygen atoms in total. The third kappa shape index (κ3) is 3.34. The summed E-state index contributed by atoms with van der Waals surface area (Å²) in [5.41, 5.74) is -3.70. The summed E-state index contributed by atoms with van der Waals surface area (Å²) in [5.74, 6) is -1.57. The number of rotatable bonds is 4. The van der Waals surface area contributed by atoms with Crippen molar-refractivity contribution in [3.05, 3.63) is 22.9 Å². The number of carbonyl (C=O) groups excluding carboxylic acids is 1. The van der Waals surface area contributed by atoms with Crippen LogP contribution < -0.4 is 4.74 Å². The fraction of sp³-hybridized carbons (Fsp3) is 0.455. The number of aromatic nitrogens is 1. The molecule has 0 radical (unpaired) electrons. The molecule has 0 saturated carbocycles. The number of esters is 1. The molecule has 9 heteroatoms. The number of hydrogen-bond acceptors (Lipinski definition) is 4. The van der Waals surface area contributed by atoms with Gasteiger partial charge in [-0.15, -0.1) is 0 Å². The monoisotopic (exact) mass is 299 g/mol. The topological polar surface area (TPSA) is 48.4 Å². The average Bonchev–Trinajstić information content (AvgIpc) is 2.36. The Bertz CT molecular complexity index is 502. The molecule has 0 spiro atoms. The zero-order valence-electron chi connectivity index (χ0n) is 10.4. The Morgan fingerprint density at radius 1 is 1.35 bits per heavy atom. The molecule has 0 saturated heterocycles. The van der Waals surface area contributed by atoms with Crippen LogP contribution in [0.4, 0.5) is 22.0 Å². The van der Waals surface area contributed by atoms with Gasteiger partial charge in [0.2, 0.25) is 5.88 Å². The Hall–Kier alpha value is -1.93. The SMILES string of the molecule is COC(=O)Cc1c(OC)ncc(C(F)F)c1C(F)(F)F. The Morgan fingerprint density at radius 2 is 1.95 bits per heavy atom. The van der Waals surface area contributed by atoms with E-state index >= 15 is 0 Å². The van der Waals surface area contributed by atoms with E-state index < -0.39 is 47.6 Å². The molecule has 1 rings (SSSR count). The molecule has 1 aromatic rings. The van der Waals surface area contributed by atoms with E-state index in [4.69, 9.17) is 0 Å². The molecule has 0 amide bonds. The van der Waals surface area contributed by atoms with E-state index in [1.165, 1.54) is 0 Å². The van der Waals surface area contributed by atoms with Gasteiger partial charge < -0.3 is 9.47 Å². The highest BCUT2D eigenvalue weighted by atomic mass is 19.4. The van der Waals surface area contributed by atoms with Crippen molar-refractivity contribution in [2.75, 3.05) is 14.2 Å². The Labute approximate surface area is 110 Å². The van der Waals surface area contributed by atoms with Gasteiger partial charge in [-0.2, -0.15) is 13.2 Å². The Morgan fingerprint density at radius 3 is 2.35 bits per heavy atom. The number of alkyl halides is 5. The van der Waals surface area contributed by atoms with Crippen molar-refractivity contribution >= 4 is 5.97 Å². The number of nitrogens with zero attached hydrogens (tertiary/aromatic N) is 1. The van der Waals surface area contributed by atoms with Crippen molar-refractivity contribution in [2.24, 2.45) is 0 Å². The van der Waals surface area contributed by atoms with Crippen LogP contribution in [0, 0.1) is 0 Å². The minimum Gasteiger partial charge on any atom is -0.481 e. The van der Waals surface area contributed by atoms with Crippen molar-refractivity contribution in [3.63, 3.8) is 0 Å². The van der Waals surface area contributed by atoms with Gasteiger partial charge in [-0.3, -0.25) is 4.79 Å². The van der Waals surface area contributed by atoms with Crippen molar-refractivity contribution in [2.45, 2.75) is 19.0 Å². The largest absolute Gasteiger partial charge is 0.481 e. The van der Waals surface area contributed by atoms with Crippen LogP contribution in [0.3, 0.4) is 0 Å². The molecule has 0 fully saturated rings. The van der Waals surface area contributed by atoms with E-state index in [0.717, 1.165) is 14.2 Å². The van der Waals surface area contributed by atoms with E-state index in [-0.39, 0.29) is 0 Å². The fourth-order valence-corrected chi connectivity index (χ4v) is 1.61. The second kappa shape index (κ2) is 6.02. The molecule has 0 aromatic carbocycles. The Kier molecular flexibility index (Phi) is 4.85. The number of ether oxygens (including phenoxy) is 2. The predicted octanol–water partition coefficient (Wildman–Crippen LogP) is 2.76. The maximum atomic E-state index is 13.0. The summed E-state index contributed by atoms with van der Waals surface area (Å²) in [4.78, 5) is 14.5. The lowest BCUT2D eigenvalue weighted by molar-refractivity contribution is -0.142. The zero-order valence-corrected chi connectivity index (χ0v) is 10.4. The van der Waals surface area contributed by atoms with Crippen LogP contribution in [0.15, 0.2) is 6.20 Å². The molecule has 20 heavy (non-hydrogen) atoms. The summed E-state index contributed by atoms with van der Waals surface area (Å²) in [6.07, 6.45) is -8.96. The third-order valence-electron chi connectivity index (χ3n) is 2.43. The highest BCUT2D eigenvalue weighted by molar-refractivity contribution is 5.74. The van der Waals surface area contributed by atoms with E-state index in [9.17, 15) is 26.7 Å². The van der Waals surface area contributed by atoms with Crippen LogP contribution in [0.5, 0.6) is 5.88 Å². The normalized spacial score (nSPS) is 11.6. The van der Waals surface area contributed by atoms with E-state index in [1.54, 1.807) is 0 Å². The number of pyridine rings is 1. The van der Waals surface area contributed by atoms with Gasteiger partial charge in [0.15, 0.2) is 0 Å². The molecule has 1 aromatic heterocycles. The summed E-state index contributed by atoms with van der Waals surface area (Å²) < 4.78 is 73.1. The van der Waals surface area contributed by atoms with E-state index in [1.807, 2.05) is 0 Å². The molecule has 1 heterocycles. The van der Waals surface area contributed by atoms with E-state index in [2.05, 4.69) is 14.5 Å². The summed E-state index contributed by atoms with van der Waals surface area (Å²) in [6.45, 7) is 0. The molecule has 0 aliphatic carbocycles.